The summed E-state index contributed by atoms with van der Waals surface area (Å²) in [6.45, 7) is 0. The summed E-state index contributed by atoms with van der Waals surface area (Å²) in [6.07, 6.45) is 0. The van der Waals surface area contributed by atoms with Gasteiger partial charge in [-0.3, -0.25) is 0 Å². The van der Waals surface area contributed by atoms with Gasteiger partial charge in [-0.15, -0.1) is 0 Å². The Morgan fingerprint density at radius 2 is 1.52 bits per heavy atom. The van der Waals surface area contributed by atoms with Crippen molar-refractivity contribution in [3.63, 3.8) is 0 Å². The lowest BCUT2D eigenvalue weighted by atomic mass is 9.97. The van der Waals surface area contributed by atoms with Gasteiger partial charge in [0.1, 0.15) is 17.5 Å². The minimum Gasteiger partial charge on any atom is -0.383 e. The quantitative estimate of drug-likeness (QED) is 0.367. The van der Waals surface area contributed by atoms with E-state index in [1.807, 2.05) is 0 Å². The second-order valence-electron chi connectivity index (χ2n) is 5.38. The molecule has 0 spiro atoms. The zero-order chi connectivity index (χ0) is 19.9. The van der Waals surface area contributed by atoms with E-state index in [4.69, 9.17) is 17.3 Å². The van der Waals surface area contributed by atoms with E-state index < -0.39 is 51.6 Å². The van der Waals surface area contributed by atoms with Gasteiger partial charge in [-0.05, 0) is 18.2 Å². The molecule has 136 valence electrons. The number of nitrogens with zero attached hydrogens (tertiary/aromatic N) is 2. The van der Waals surface area contributed by atoms with Crippen LogP contribution in [0.1, 0.15) is 5.56 Å². The smallest absolute Gasteiger partial charge is 0.200 e. The number of anilines is 1. The van der Waals surface area contributed by atoms with Crippen LogP contribution in [-0.2, 0) is 0 Å². The van der Waals surface area contributed by atoms with Gasteiger partial charge in [-0.1, -0.05) is 23.7 Å². The average molecular weight is 396 g/mol. The molecule has 0 unspecified atom stereocenters. The van der Waals surface area contributed by atoms with E-state index >= 15 is 0 Å². The molecule has 0 aliphatic heterocycles. The van der Waals surface area contributed by atoms with Crippen LogP contribution < -0.4 is 5.73 Å². The third-order valence-corrected chi connectivity index (χ3v) is 3.99. The topological polar surface area (TPSA) is 62.7 Å². The molecule has 0 atom stereocenters. The number of hydrogen-bond donors (Lipinski definition) is 1. The molecule has 3 rings (SSSR count). The van der Waals surface area contributed by atoms with E-state index in [1.165, 1.54) is 6.07 Å². The van der Waals surface area contributed by atoms with Crippen LogP contribution in [-0.4, -0.2) is 4.98 Å². The van der Waals surface area contributed by atoms with Crippen LogP contribution in [0.4, 0.5) is 27.8 Å². The summed E-state index contributed by atoms with van der Waals surface area (Å²) in [7, 11) is 0. The molecule has 9 heteroatoms. The Balaban J connectivity index is 2.39. The molecule has 3 nitrogen and oxygen atoms in total. The van der Waals surface area contributed by atoms with Gasteiger partial charge in [0.25, 0.3) is 0 Å². The van der Waals surface area contributed by atoms with Gasteiger partial charge in [0.15, 0.2) is 23.3 Å². The maximum atomic E-state index is 14.2. The molecule has 2 N–H and O–H groups in total. The molecule has 1 aromatic heterocycles. The fraction of sp³-hybridized carbons (Fsp3) is 0. The second-order valence-corrected chi connectivity index (χ2v) is 5.82. The number of nitrogens with two attached hydrogens (primary N) is 1. The Hall–Kier alpha value is -3.18. The van der Waals surface area contributed by atoms with Crippen LogP contribution in [0.15, 0.2) is 30.3 Å². The largest absolute Gasteiger partial charge is 0.383 e. The third kappa shape index (κ3) is 3.06. The number of nitriles is 1. The molecular weight excluding hydrogens is 389 g/mol. The van der Waals surface area contributed by atoms with Gasteiger partial charge in [-0.2, -0.15) is 5.26 Å². The van der Waals surface area contributed by atoms with E-state index in [0.717, 1.165) is 6.07 Å². The van der Waals surface area contributed by atoms with Crippen LogP contribution in [0.5, 0.6) is 0 Å². The van der Waals surface area contributed by atoms with Gasteiger partial charge in [-0.25, -0.2) is 26.9 Å². The molecule has 0 aliphatic rings. The van der Waals surface area contributed by atoms with Crippen molar-refractivity contribution in [3.05, 3.63) is 70.0 Å². The molecule has 2 aromatic carbocycles. The SMILES string of the molecule is N#Cc1c(-c2c(F)c(F)c(F)c(F)c2F)cc(-c2cccc(Cl)c2)nc1N. The van der Waals surface area contributed by atoms with Gasteiger partial charge in [0, 0.05) is 16.1 Å². The number of halogens is 6. The van der Waals surface area contributed by atoms with Crippen LogP contribution >= 0.6 is 11.6 Å². The molecule has 0 amide bonds. The summed E-state index contributed by atoms with van der Waals surface area (Å²) in [4.78, 5) is 3.95. The first-order chi connectivity index (χ1) is 12.8. The highest BCUT2D eigenvalue weighted by Gasteiger charge is 2.29. The lowest BCUT2D eigenvalue weighted by Gasteiger charge is -2.13. The standard InChI is InChI=1S/C18H7ClF5N3/c19-8-3-1-2-7(4-8)11-5-9(10(6-25)18(26)27-11)12-13(20)15(22)17(24)16(23)14(12)21/h1-5H,(H2,26,27). The predicted octanol–water partition coefficient (Wildman–Crippen LogP) is 5.22. The average Bonchev–Trinajstić information content (AvgIpc) is 2.64. The summed E-state index contributed by atoms with van der Waals surface area (Å²) >= 11 is 5.89. The van der Waals surface area contributed by atoms with E-state index in [1.54, 1.807) is 24.3 Å². The first-order valence-corrected chi connectivity index (χ1v) is 7.62. The molecule has 0 bridgehead atoms. The van der Waals surface area contributed by atoms with Crippen molar-refractivity contribution in [2.45, 2.75) is 0 Å². The molecule has 1 heterocycles. The number of aromatic nitrogens is 1. The Morgan fingerprint density at radius 3 is 2.07 bits per heavy atom. The molecular formula is C18H7ClF5N3. The van der Waals surface area contributed by atoms with Gasteiger partial charge < -0.3 is 5.73 Å². The maximum absolute atomic E-state index is 14.2. The Bertz CT molecular complexity index is 1100. The van der Waals surface area contributed by atoms with E-state index in [9.17, 15) is 27.2 Å². The van der Waals surface area contributed by atoms with Gasteiger partial charge in [0.05, 0.1) is 11.3 Å². The number of hydrogen-bond acceptors (Lipinski definition) is 3. The summed E-state index contributed by atoms with van der Waals surface area (Å²) < 4.78 is 68.9. The molecule has 0 saturated heterocycles. The second kappa shape index (κ2) is 6.85. The van der Waals surface area contributed by atoms with Crippen molar-refractivity contribution < 1.29 is 22.0 Å². The lowest BCUT2D eigenvalue weighted by molar-refractivity contribution is 0.381. The first-order valence-electron chi connectivity index (χ1n) is 7.24. The van der Waals surface area contributed by atoms with Gasteiger partial charge >= 0.3 is 0 Å². The molecule has 3 aromatic rings. The van der Waals surface area contributed by atoms with Crippen molar-refractivity contribution in [2.75, 3.05) is 5.73 Å². The zero-order valence-electron chi connectivity index (χ0n) is 13.1. The van der Waals surface area contributed by atoms with Crippen molar-refractivity contribution in [1.29, 1.82) is 5.26 Å². The first kappa shape index (κ1) is 18.6. The van der Waals surface area contributed by atoms with Crippen LogP contribution in [0.3, 0.4) is 0 Å². The molecule has 0 fully saturated rings. The van der Waals surface area contributed by atoms with Crippen molar-refractivity contribution in [1.82, 2.24) is 4.98 Å². The lowest BCUT2D eigenvalue weighted by Crippen LogP contribution is -2.07. The third-order valence-electron chi connectivity index (χ3n) is 3.76. The minimum absolute atomic E-state index is 0.0351. The maximum Gasteiger partial charge on any atom is 0.200 e. The fourth-order valence-corrected chi connectivity index (χ4v) is 2.71. The monoisotopic (exact) mass is 395 g/mol. The summed E-state index contributed by atoms with van der Waals surface area (Å²) in [5, 5.41) is 9.56. The van der Waals surface area contributed by atoms with E-state index in [0.29, 0.717) is 10.6 Å². The van der Waals surface area contributed by atoms with Crippen molar-refractivity contribution in [3.8, 4) is 28.5 Å². The number of nitrogen functional groups attached to an aromatic ring is 1. The molecule has 0 radical (unpaired) electrons. The van der Waals surface area contributed by atoms with Gasteiger partial charge in [0.2, 0.25) is 5.82 Å². The fourth-order valence-electron chi connectivity index (χ4n) is 2.52. The highest BCUT2D eigenvalue weighted by Crippen LogP contribution is 2.37. The summed E-state index contributed by atoms with van der Waals surface area (Å²) in [6, 6.07) is 8.71. The summed E-state index contributed by atoms with van der Waals surface area (Å²) in [5.74, 6) is -11.2. The highest BCUT2D eigenvalue weighted by atomic mass is 35.5. The number of rotatable bonds is 2. The normalized spacial score (nSPS) is 10.7. The van der Waals surface area contributed by atoms with Crippen molar-refractivity contribution >= 4 is 17.4 Å². The van der Waals surface area contributed by atoms with E-state index in [-0.39, 0.29) is 5.69 Å². The van der Waals surface area contributed by atoms with Crippen LogP contribution in [0, 0.1) is 40.4 Å². The Labute approximate surface area is 154 Å². The van der Waals surface area contributed by atoms with E-state index in [2.05, 4.69) is 4.98 Å². The van der Waals surface area contributed by atoms with Crippen LogP contribution in [0.25, 0.3) is 22.4 Å². The Morgan fingerprint density at radius 1 is 0.926 bits per heavy atom. The van der Waals surface area contributed by atoms with Crippen molar-refractivity contribution in [2.24, 2.45) is 0 Å². The highest BCUT2D eigenvalue weighted by molar-refractivity contribution is 6.30. The van der Waals surface area contributed by atoms with Crippen LogP contribution in [0.2, 0.25) is 5.02 Å². The zero-order valence-corrected chi connectivity index (χ0v) is 13.9. The number of pyridine rings is 1. The molecule has 0 aliphatic carbocycles. The number of benzene rings is 2. The minimum atomic E-state index is -2.30. The molecule has 0 saturated carbocycles. The summed E-state index contributed by atoms with van der Waals surface area (Å²) in [5.41, 5.74) is 3.71. The predicted molar refractivity (Wildman–Crippen MR) is 89.0 cm³/mol. The Kier molecular flexibility index (Phi) is 4.72. The molecule has 27 heavy (non-hydrogen) atoms.